The van der Waals surface area contributed by atoms with Crippen LogP contribution in [-0.2, 0) is 4.74 Å². The lowest BCUT2D eigenvalue weighted by Crippen LogP contribution is -2.26. The molecule has 0 fully saturated rings. The molecule has 23 heavy (non-hydrogen) atoms. The van der Waals surface area contributed by atoms with Crippen molar-refractivity contribution >= 4 is 28.7 Å². The van der Waals surface area contributed by atoms with E-state index < -0.39 is 11.7 Å². The van der Waals surface area contributed by atoms with Crippen molar-refractivity contribution < 1.29 is 9.53 Å². The first-order valence-electron chi connectivity index (χ1n) is 7.03. The molecule has 3 aromatic rings. The molecule has 0 aliphatic rings. The Hall–Kier alpha value is -2.47. The molecule has 0 amide bonds. The molecule has 1 aromatic carbocycles. The minimum atomic E-state index is -0.564. The van der Waals surface area contributed by atoms with Crippen LogP contribution in [0.5, 0.6) is 0 Å². The van der Waals surface area contributed by atoms with E-state index in [9.17, 15) is 4.79 Å². The summed E-state index contributed by atoms with van der Waals surface area (Å²) in [6, 6.07) is 7.26. The third-order valence-electron chi connectivity index (χ3n) is 3.06. The summed E-state index contributed by atoms with van der Waals surface area (Å²) in [7, 11) is 0. The Balaban J connectivity index is 1.99. The number of benzene rings is 1. The van der Waals surface area contributed by atoms with Crippen LogP contribution in [0.15, 0.2) is 36.8 Å². The summed E-state index contributed by atoms with van der Waals surface area (Å²) in [4.78, 5) is 24.5. The molecule has 0 bridgehead atoms. The summed E-state index contributed by atoms with van der Waals surface area (Å²) in [5.41, 5.74) is 2.31. The van der Waals surface area contributed by atoms with Crippen LogP contribution >= 0.6 is 11.6 Å². The number of fused-ring (bicyclic) bond motifs is 1. The molecular formula is C16H15ClN4O2. The quantitative estimate of drug-likeness (QED) is 0.632. The Morgan fingerprint density at radius 1 is 1.22 bits per heavy atom. The second-order valence-corrected chi connectivity index (χ2v) is 6.35. The predicted octanol–water partition coefficient (Wildman–Crippen LogP) is 3.93. The van der Waals surface area contributed by atoms with Crippen LogP contribution in [0.25, 0.3) is 22.3 Å². The van der Waals surface area contributed by atoms with Gasteiger partial charge in [0.15, 0.2) is 0 Å². The molecular weight excluding hydrogens is 316 g/mol. The van der Waals surface area contributed by atoms with E-state index in [1.54, 1.807) is 18.3 Å². The third kappa shape index (κ3) is 3.32. The van der Waals surface area contributed by atoms with Gasteiger partial charge < -0.3 is 4.74 Å². The molecule has 3 rings (SSSR count). The van der Waals surface area contributed by atoms with Crippen molar-refractivity contribution in [3.05, 3.63) is 42.1 Å². The van der Waals surface area contributed by atoms with Gasteiger partial charge in [-0.15, -0.1) is 0 Å². The second-order valence-electron chi connectivity index (χ2n) is 6.01. The van der Waals surface area contributed by atoms with Crippen molar-refractivity contribution in [1.82, 2.24) is 19.5 Å². The molecule has 2 aromatic heterocycles. The van der Waals surface area contributed by atoms with Gasteiger partial charge in [-0.3, -0.25) is 0 Å². The van der Waals surface area contributed by atoms with Crippen LogP contribution in [0.2, 0.25) is 5.28 Å². The van der Waals surface area contributed by atoms with Gasteiger partial charge in [-0.2, -0.15) is 0 Å². The zero-order valence-corrected chi connectivity index (χ0v) is 13.7. The average Bonchev–Trinajstić information content (AvgIpc) is 2.88. The fraction of sp³-hybridized carbons (Fsp3) is 0.250. The molecule has 0 N–H and O–H groups in total. The number of rotatable bonds is 1. The minimum Gasteiger partial charge on any atom is -0.443 e. The van der Waals surface area contributed by atoms with E-state index in [4.69, 9.17) is 16.3 Å². The van der Waals surface area contributed by atoms with Crippen molar-refractivity contribution in [1.29, 1.82) is 0 Å². The molecule has 0 aliphatic carbocycles. The molecule has 6 nitrogen and oxygen atoms in total. The number of carbonyl (C=O) groups excluding carboxylic acids is 1. The number of nitrogens with zero attached hydrogens (tertiary/aromatic N) is 4. The largest absolute Gasteiger partial charge is 0.443 e. The van der Waals surface area contributed by atoms with Gasteiger partial charge >= 0.3 is 6.09 Å². The van der Waals surface area contributed by atoms with Gasteiger partial charge in [0.25, 0.3) is 0 Å². The summed E-state index contributed by atoms with van der Waals surface area (Å²) in [6.07, 6.45) is 2.58. The molecule has 2 heterocycles. The standard InChI is InChI=1S/C16H15ClN4O2/c1-16(2,3)23-15(22)21-9-19-12-8-10(4-5-13(12)21)11-6-7-18-14(17)20-11/h4-9H,1-3H3. The molecule has 0 unspecified atom stereocenters. The predicted molar refractivity (Wildman–Crippen MR) is 87.4 cm³/mol. The lowest BCUT2D eigenvalue weighted by atomic mass is 10.1. The smallest absolute Gasteiger partial charge is 0.420 e. The maximum Gasteiger partial charge on any atom is 0.420 e. The van der Waals surface area contributed by atoms with Crippen LogP contribution in [0.4, 0.5) is 4.79 Å². The zero-order valence-electron chi connectivity index (χ0n) is 12.9. The fourth-order valence-electron chi connectivity index (χ4n) is 2.12. The molecule has 118 valence electrons. The summed E-state index contributed by atoms with van der Waals surface area (Å²) in [5.74, 6) is 0. The van der Waals surface area contributed by atoms with E-state index in [1.807, 2.05) is 32.9 Å². The monoisotopic (exact) mass is 330 g/mol. The highest BCUT2D eigenvalue weighted by Gasteiger charge is 2.19. The van der Waals surface area contributed by atoms with E-state index in [0.717, 1.165) is 5.56 Å². The number of ether oxygens (including phenoxy) is 1. The van der Waals surface area contributed by atoms with E-state index in [2.05, 4.69) is 15.0 Å². The van der Waals surface area contributed by atoms with Crippen molar-refractivity contribution in [3.8, 4) is 11.3 Å². The van der Waals surface area contributed by atoms with Crippen LogP contribution in [0.1, 0.15) is 20.8 Å². The van der Waals surface area contributed by atoms with E-state index >= 15 is 0 Å². The van der Waals surface area contributed by atoms with E-state index in [0.29, 0.717) is 16.7 Å². The molecule has 0 atom stereocenters. The van der Waals surface area contributed by atoms with Gasteiger partial charge in [-0.05, 0) is 50.6 Å². The molecule has 0 saturated heterocycles. The topological polar surface area (TPSA) is 69.9 Å². The Morgan fingerprint density at radius 3 is 2.70 bits per heavy atom. The lowest BCUT2D eigenvalue weighted by molar-refractivity contribution is 0.0543. The second kappa shape index (κ2) is 5.62. The van der Waals surface area contributed by atoms with Crippen LogP contribution in [0, 0.1) is 0 Å². The van der Waals surface area contributed by atoms with Gasteiger partial charge in [-0.1, -0.05) is 6.07 Å². The molecule has 0 aliphatic heterocycles. The Bertz CT molecular complexity index is 883. The van der Waals surface area contributed by atoms with Crippen molar-refractivity contribution in [2.24, 2.45) is 0 Å². The normalized spacial score (nSPS) is 11.7. The summed E-state index contributed by atoms with van der Waals surface area (Å²) in [6.45, 7) is 5.46. The molecule has 7 heteroatoms. The summed E-state index contributed by atoms with van der Waals surface area (Å²) >= 11 is 5.82. The number of imidazole rings is 1. The first kappa shape index (κ1) is 15.4. The van der Waals surface area contributed by atoms with Gasteiger partial charge in [0.05, 0.1) is 16.7 Å². The highest BCUT2D eigenvalue weighted by molar-refractivity contribution is 6.28. The SMILES string of the molecule is CC(C)(C)OC(=O)n1cnc2cc(-c3ccnc(Cl)n3)ccc21. The van der Waals surface area contributed by atoms with Crippen molar-refractivity contribution in [2.75, 3.05) is 0 Å². The maximum absolute atomic E-state index is 12.2. The van der Waals surface area contributed by atoms with Crippen molar-refractivity contribution in [3.63, 3.8) is 0 Å². The number of halogens is 1. The number of aromatic nitrogens is 4. The fourth-order valence-corrected chi connectivity index (χ4v) is 2.27. The third-order valence-corrected chi connectivity index (χ3v) is 3.24. The summed E-state index contributed by atoms with van der Waals surface area (Å²) < 4.78 is 6.75. The van der Waals surface area contributed by atoms with Crippen molar-refractivity contribution in [2.45, 2.75) is 26.4 Å². The molecule has 0 spiro atoms. The lowest BCUT2D eigenvalue weighted by Gasteiger charge is -2.19. The number of carbonyl (C=O) groups is 1. The van der Waals surface area contributed by atoms with Crippen LogP contribution in [-0.4, -0.2) is 31.2 Å². The Kier molecular flexibility index (Phi) is 3.77. The minimum absolute atomic E-state index is 0.182. The molecule has 0 saturated carbocycles. The zero-order chi connectivity index (χ0) is 16.6. The highest BCUT2D eigenvalue weighted by Crippen LogP contribution is 2.23. The first-order chi connectivity index (χ1) is 10.8. The van der Waals surface area contributed by atoms with Crippen LogP contribution < -0.4 is 0 Å². The maximum atomic E-state index is 12.2. The van der Waals surface area contributed by atoms with Gasteiger partial charge in [0.1, 0.15) is 11.9 Å². The first-order valence-corrected chi connectivity index (χ1v) is 7.41. The van der Waals surface area contributed by atoms with Gasteiger partial charge in [0, 0.05) is 11.8 Å². The van der Waals surface area contributed by atoms with Gasteiger partial charge in [0.2, 0.25) is 5.28 Å². The van der Waals surface area contributed by atoms with E-state index in [1.165, 1.54) is 10.9 Å². The Labute approximate surface area is 138 Å². The highest BCUT2D eigenvalue weighted by atomic mass is 35.5. The average molecular weight is 331 g/mol. The summed E-state index contributed by atoms with van der Waals surface area (Å²) in [5, 5.41) is 0.182. The Morgan fingerprint density at radius 2 is 2.00 bits per heavy atom. The molecule has 0 radical (unpaired) electrons. The van der Waals surface area contributed by atoms with E-state index in [-0.39, 0.29) is 5.28 Å². The van der Waals surface area contributed by atoms with Gasteiger partial charge in [-0.25, -0.2) is 24.3 Å². The number of hydrogen-bond donors (Lipinski definition) is 0. The van der Waals surface area contributed by atoms with Crippen LogP contribution in [0.3, 0.4) is 0 Å². The number of hydrogen-bond acceptors (Lipinski definition) is 5.